The number of aryl methyl sites for hydroxylation is 3. The summed E-state index contributed by atoms with van der Waals surface area (Å²) in [6.45, 7) is 10.8. The molecule has 0 amide bonds. The maximum Gasteiger partial charge on any atom is 0.216 e. The minimum absolute atomic E-state index is 0.112. The molecule has 6 aromatic rings. The second-order valence-electron chi connectivity index (χ2n) is 11.6. The number of hydrogen-bond donors (Lipinski definition) is 0. The van der Waals surface area contributed by atoms with E-state index in [0.29, 0.717) is 11.1 Å². The van der Waals surface area contributed by atoms with Gasteiger partial charge in [-0.3, -0.25) is 0 Å². The molecule has 3 heteroatoms. The molecule has 0 spiro atoms. The van der Waals surface area contributed by atoms with Crippen molar-refractivity contribution < 1.29 is 13.4 Å². The number of benzene rings is 4. The van der Waals surface area contributed by atoms with Gasteiger partial charge in [0.25, 0.3) is 0 Å². The van der Waals surface area contributed by atoms with Crippen LogP contribution in [0, 0.1) is 19.7 Å². The van der Waals surface area contributed by atoms with Crippen LogP contribution in [0.4, 0.5) is 4.39 Å². The number of hydrogen-bond acceptors (Lipinski definition) is 1. The summed E-state index contributed by atoms with van der Waals surface area (Å²) in [6, 6.07) is 28.6. The van der Waals surface area contributed by atoms with Crippen LogP contribution in [0.3, 0.4) is 0 Å². The lowest BCUT2D eigenvalue weighted by Crippen LogP contribution is -2.31. The third kappa shape index (κ3) is 4.32. The Morgan fingerprint density at radius 1 is 0.641 bits per heavy atom. The highest BCUT2D eigenvalue weighted by atomic mass is 19.1. The zero-order valence-corrected chi connectivity index (χ0v) is 23.4. The molecule has 0 aliphatic carbocycles. The molecule has 4 aromatic carbocycles. The third-order valence-electron chi connectivity index (χ3n) is 7.76. The molecular weight excluding hydrogens is 481 g/mol. The van der Waals surface area contributed by atoms with E-state index in [2.05, 4.69) is 106 Å². The summed E-state index contributed by atoms with van der Waals surface area (Å²) in [7, 11) is 2.05. The second kappa shape index (κ2) is 9.20. The first-order chi connectivity index (χ1) is 18.6. The Morgan fingerprint density at radius 3 is 1.82 bits per heavy atom. The fourth-order valence-corrected chi connectivity index (χ4v) is 5.56. The van der Waals surface area contributed by atoms with Gasteiger partial charge in [-0.25, -0.2) is 8.96 Å². The Kier molecular flexibility index (Phi) is 5.91. The van der Waals surface area contributed by atoms with Gasteiger partial charge in [0.1, 0.15) is 24.0 Å². The first-order valence-electron chi connectivity index (χ1n) is 13.4. The molecule has 0 atom stereocenters. The molecule has 0 aliphatic heterocycles. The van der Waals surface area contributed by atoms with E-state index < -0.39 is 0 Å². The van der Waals surface area contributed by atoms with E-state index in [1.165, 1.54) is 11.1 Å². The van der Waals surface area contributed by atoms with Gasteiger partial charge in [0.15, 0.2) is 6.20 Å². The molecule has 0 fully saturated rings. The lowest BCUT2D eigenvalue weighted by atomic mass is 9.86. The monoisotopic (exact) mass is 514 g/mol. The summed E-state index contributed by atoms with van der Waals surface area (Å²) in [5, 5.41) is 1.90. The van der Waals surface area contributed by atoms with Gasteiger partial charge in [-0.05, 0) is 65.3 Å². The van der Waals surface area contributed by atoms with E-state index >= 15 is 4.39 Å². The van der Waals surface area contributed by atoms with Crippen LogP contribution in [0.1, 0.15) is 37.5 Å². The van der Waals surface area contributed by atoms with E-state index in [4.69, 9.17) is 4.42 Å². The minimum atomic E-state index is -0.289. The zero-order chi connectivity index (χ0) is 27.5. The van der Waals surface area contributed by atoms with E-state index in [-0.39, 0.29) is 11.2 Å². The normalized spacial score (nSPS) is 12.0. The predicted octanol–water partition coefficient (Wildman–Crippen LogP) is 9.46. The fourth-order valence-electron chi connectivity index (χ4n) is 5.56. The first-order valence-corrected chi connectivity index (χ1v) is 13.4. The molecule has 0 aliphatic rings. The number of pyridine rings is 1. The molecule has 39 heavy (non-hydrogen) atoms. The Balaban J connectivity index is 1.49. The summed E-state index contributed by atoms with van der Waals surface area (Å²) in [6.07, 6.45) is 2.11. The molecule has 0 radical (unpaired) electrons. The lowest BCUT2D eigenvalue weighted by Gasteiger charge is -2.19. The SMILES string of the molecule is Cc1ccc(-c2c(C)ccc3c2oc2c(-c4ccc(-c5ccc(C(C)(C)C)cc5)cc4)c(F)ccc23)[n+](C)c1. The quantitative estimate of drug-likeness (QED) is 0.215. The van der Waals surface area contributed by atoms with E-state index in [9.17, 15) is 0 Å². The Bertz CT molecular complexity index is 1850. The van der Waals surface area contributed by atoms with Crippen LogP contribution < -0.4 is 4.57 Å². The van der Waals surface area contributed by atoms with Crippen LogP contribution in [-0.4, -0.2) is 0 Å². The largest absolute Gasteiger partial charge is 0.454 e. The van der Waals surface area contributed by atoms with Crippen molar-refractivity contribution in [3.63, 3.8) is 0 Å². The average Bonchev–Trinajstić information content (AvgIpc) is 3.27. The molecule has 0 N–H and O–H groups in total. The number of halogens is 1. The summed E-state index contributed by atoms with van der Waals surface area (Å²) >= 11 is 0. The maximum absolute atomic E-state index is 15.5. The van der Waals surface area contributed by atoms with E-state index in [1.54, 1.807) is 6.07 Å². The topological polar surface area (TPSA) is 17.0 Å². The first kappa shape index (κ1) is 25.1. The number of nitrogens with zero attached hydrogens (tertiary/aromatic N) is 1. The number of fused-ring (bicyclic) bond motifs is 3. The lowest BCUT2D eigenvalue weighted by molar-refractivity contribution is -0.660. The molecule has 6 rings (SSSR count). The van der Waals surface area contributed by atoms with Crippen LogP contribution >= 0.6 is 0 Å². The van der Waals surface area contributed by atoms with Crippen molar-refractivity contribution in [1.82, 2.24) is 0 Å². The summed E-state index contributed by atoms with van der Waals surface area (Å²) in [5.74, 6) is -0.289. The molecule has 0 saturated heterocycles. The number of furan rings is 1. The average molecular weight is 515 g/mol. The smallest absolute Gasteiger partial charge is 0.216 e. The van der Waals surface area contributed by atoms with E-state index in [1.807, 2.05) is 25.2 Å². The molecule has 2 heterocycles. The van der Waals surface area contributed by atoms with E-state index in [0.717, 1.165) is 49.9 Å². The second-order valence-corrected chi connectivity index (χ2v) is 11.6. The van der Waals surface area contributed by atoms with Crippen molar-refractivity contribution >= 4 is 21.9 Å². The summed E-state index contributed by atoms with van der Waals surface area (Å²) in [4.78, 5) is 0. The van der Waals surface area contributed by atoms with Crippen molar-refractivity contribution in [2.75, 3.05) is 0 Å². The van der Waals surface area contributed by atoms with Crippen LogP contribution in [0.15, 0.2) is 95.5 Å². The van der Waals surface area contributed by atoms with Crippen molar-refractivity contribution in [3.8, 4) is 33.5 Å². The van der Waals surface area contributed by atoms with Gasteiger partial charge in [0, 0.05) is 22.4 Å². The van der Waals surface area contributed by atoms with Crippen LogP contribution in [0.2, 0.25) is 0 Å². The van der Waals surface area contributed by atoms with Crippen molar-refractivity contribution in [2.24, 2.45) is 7.05 Å². The van der Waals surface area contributed by atoms with Crippen LogP contribution in [0.5, 0.6) is 0 Å². The molecule has 2 aromatic heterocycles. The van der Waals surface area contributed by atoms with Gasteiger partial charge in [0.05, 0.1) is 11.1 Å². The summed E-state index contributed by atoms with van der Waals surface area (Å²) < 4.78 is 24.2. The van der Waals surface area contributed by atoms with Gasteiger partial charge in [0.2, 0.25) is 5.69 Å². The molecule has 2 nitrogen and oxygen atoms in total. The molecular formula is C36H33FNO+. The molecule has 0 saturated carbocycles. The van der Waals surface area contributed by atoms with Gasteiger partial charge >= 0.3 is 0 Å². The molecule has 194 valence electrons. The summed E-state index contributed by atoms with van der Waals surface area (Å²) in [5.41, 5.74) is 10.7. The van der Waals surface area contributed by atoms with Crippen molar-refractivity contribution in [2.45, 2.75) is 40.0 Å². The highest BCUT2D eigenvalue weighted by Crippen LogP contribution is 2.42. The molecule has 0 unspecified atom stereocenters. The van der Waals surface area contributed by atoms with Gasteiger partial charge in [-0.15, -0.1) is 0 Å². The zero-order valence-electron chi connectivity index (χ0n) is 23.4. The number of aromatic nitrogens is 1. The van der Waals surface area contributed by atoms with Crippen molar-refractivity contribution in [1.29, 1.82) is 0 Å². The Labute approximate surface area is 229 Å². The van der Waals surface area contributed by atoms with Gasteiger partial charge < -0.3 is 4.42 Å². The Morgan fingerprint density at radius 2 is 1.21 bits per heavy atom. The molecule has 0 bridgehead atoms. The van der Waals surface area contributed by atoms with Crippen LogP contribution in [-0.2, 0) is 12.5 Å². The third-order valence-corrected chi connectivity index (χ3v) is 7.76. The van der Waals surface area contributed by atoms with Crippen molar-refractivity contribution in [3.05, 3.63) is 114 Å². The predicted molar refractivity (Wildman–Crippen MR) is 159 cm³/mol. The maximum atomic E-state index is 15.5. The standard InChI is InChI=1S/C36H33FNO/c1-22-7-20-31(38(6)21-22)32-23(2)8-17-28-29-18-19-30(37)33(35(29)39-34(28)32)26-11-9-24(10-12-26)25-13-15-27(16-14-25)36(3,4)5/h7-21H,1-6H3/q+1. The van der Waals surface area contributed by atoms with Gasteiger partial charge in [-0.1, -0.05) is 81.4 Å². The van der Waals surface area contributed by atoms with Gasteiger partial charge in [-0.2, -0.15) is 0 Å². The number of rotatable bonds is 3. The minimum Gasteiger partial charge on any atom is -0.454 e. The fraction of sp³-hybridized carbons (Fsp3) is 0.194. The Hall–Kier alpha value is -4.24. The highest BCUT2D eigenvalue weighted by molar-refractivity contribution is 6.13. The van der Waals surface area contributed by atoms with Crippen LogP contribution in [0.25, 0.3) is 55.4 Å². The highest BCUT2D eigenvalue weighted by Gasteiger charge is 2.23.